The van der Waals surface area contributed by atoms with Crippen molar-refractivity contribution in [3.63, 3.8) is 0 Å². The SMILES string of the molecule is CN(Cc1ccncc1)C1CCC[C@@H]2CN(Cc3cnn(C)c3)C[C@H]12. The number of rotatable bonds is 5. The number of hydrogen-bond donors (Lipinski definition) is 0. The molecule has 5 heteroatoms. The van der Waals surface area contributed by atoms with E-state index in [0.717, 1.165) is 24.9 Å². The van der Waals surface area contributed by atoms with Gasteiger partial charge in [0.05, 0.1) is 6.20 Å². The Morgan fingerprint density at radius 1 is 1.16 bits per heavy atom. The van der Waals surface area contributed by atoms with Crippen LogP contribution in [-0.2, 0) is 20.1 Å². The van der Waals surface area contributed by atoms with E-state index in [4.69, 9.17) is 0 Å². The fourth-order valence-electron chi connectivity index (χ4n) is 4.91. The van der Waals surface area contributed by atoms with Crippen molar-refractivity contribution in [3.8, 4) is 0 Å². The zero-order valence-corrected chi connectivity index (χ0v) is 15.4. The zero-order chi connectivity index (χ0) is 17.2. The second kappa shape index (κ2) is 7.26. The van der Waals surface area contributed by atoms with E-state index in [1.54, 1.807) is 0 Å². The quantitative estimate of drug-likeness (QED) is 0.839. The van der Waals surface area contributed by atoms with Crippen LogP contribution < -0.4 is 0 Å². The molecule has 3 heterocycles. The molecule has 1 unspecified atom stereocenters. The molecule has 3 atom stereocenters. The summed E-state index contributed by atoms with van der Waals surface area (Å²) in [6, 6.07) is 4.98. The Hall–Kier alpha value is -1.72. The van der Waals surface area contributed by atoms with E-state index < -0.39 is 0 Å². The van der Waals surface area contributed by atoms with Crippen LogP contribution in [-0.4, -0.2) is 50.7 Å². The first-order valence-corrected chi connectivity index (χ1v) is 9.48. The summed E-state index contributed by atoms with van der Waals surface area (Å²) in [5.74, 6) is 1.66. The molecule has 0 amide bonds. The van der Waals surface area contributed by atoms with Crippen molar-refractivity contribution >= 4 is 0 Å². The van der Waals surface area contributed by atoms with Gasteiger partial charge < -0.3 is 0 Å². The molecule has 0 aromatic carbocycles. The fraction of sp³-hybridized carbons (Fsp3) is 0.600. The Kier molecular flexibility index (Phi) is 4.86. The topological polar surface area (TPSA) is 37.2 Å². The molecule has 0 N–H and O–H groups in total. The van der Waals surface area contributed by atoms with Gasteiger partial charge in [-0.2, -0.15) is 5.10 Å². The average molecular weight is 339 g/mol. The maximum Gasteiger partial charge on any atom is 0.0534 e. The predicted octanol–water partition coefficient (Wildman–Crippen LogP) is 2.55. The van der Waals surface area contributed by atoms with Gasteiger partial charge in [-0.15, -0.1) is 0 Å². The average Bonchev–Trinajstić information content (AvgIpc) is 3.21. The van der Waals surface area contributed by atoms with Gasteiger partial charge in [0.1, 0.15) is 0 Å². The van der Waals surface area contributed by atoms with Crippen LogP contribution in [0.15, 0.2) is 36.9 Å². The first-order valence-electron chi connectivity index (χ1n) is 9.48. The lowest BCUT2D eigenvalue weighted by Gasteiger charge is -2.39. The van der Waals surface area contributed by atoms with Gasteiger partial charge in [-0.05, 0) is 49.4 Å². The monoisotopic (exact) mass is 339 g/mol. The zero-order valence-electron chi connectivity index (χ0n) is 15.4. The number of nitrogens with zero attached hydrogens (tertiary/aromatic N) is 5. The number of likely N-dealkylation sites (tertiary alicyclic amines) is 1. The van der Waals surface area contributed by atoms with E-state index in [-0.39, 0.29) is 0 Å². The Bertz CT molecular complexity index is 682. The molecule has 2 aliphatic rings. The summed E-state index contributed by atoms with van der Waals surface area (Å²) in [5, 5.41) is 4.32. The highest BCUT2D eigenvalue weighted by Gasteiger charge is 2.41. The highest BCUT2D eigenvalue weighted by Crippen LogP contribution is 2.39. The van der Waals surface area contributed by atoms with Crippen LogP contribution in [0.3, 0.4) is 0 Å². The molecular weight excluding hydrogens is 310 g/mol. The molecule has 0 spiro atoms. The van der Waals surface area contributed by atoms with Crippen molar-refractivity contribution in [2.24, 2.45) is 18.9 Å². The number of aromatic nitrogens is 3. The van der Waals surface area contributed by atoms with Gasteiger partial charge >= 0.3 is 0 Å². The molecule has 5 nitrogen and oxygen atoms in total. The molecule has 1 saturated carbocycles. The van der Waals surface area contributed by atoms with Crippen molar-refractivity contribution in [2.45, 2.75) is 38.4 Å². The highest BCUT2D eigenvalue weighted by molar-refractivity contribution is 5.10. The Morgan fingerprint density at radius 2 is 2.00 bits per heavy atom. The van der Waals surface area contributed by atoms with Crippen molar-refractivity contribution in [3.05, 3.63) is 48.0 Å². The minimum atomic E-state index is 0.700. The summed E-state index contributed by atoms with van der Waals surface area (Å²) in [5.41, 5.74) is 2.70. The molecular formula is C20H29N5. The van der Waals surface area contributed by atoms with Crippen LogP contribution >= 0.6 is 0 Å². The summed E-state index contributed by atoms with van der Waals surface area (Å²) in [6.07, 6.45) is 12.1. The summed E-state index contributed by atoms with van der Waals surface area (Å²) in [7, 11) is 4.30. The second-order valence-corrected chi connectivity index (χ2v) is 7.91. The fourth-order valence-corrected chi connectivity index (χ4v) is 4.91. The van der Waals surface area contributed by atoms with E-state index in [1.807, 2.05) is 30.3 Å². The molecule has 4 rings (SSSR count). The summed E-state index contributed by atoms with van der Waals surface area (Å²) in [6.45, 7) is 4.55. The van der Waals surface area contributed by atoms with Gasteiger partial charge in [0.2, 0.25) is 0 Å². The molecule has 1 aliphatic carbocycles. The van der Waals surface area contributed by atoms with Crippen LogP contribution in [0.4, 0.5) is 0 Å². The van der Waals surface area contributed by atoms with E-state index >= 15 is 0 Å². The number of hydrogen-bond acceptors (Lipinski definition) is 4. The third kappa shape index (κ3) is 3.77. The van der Waals surface area contributed by atoms with Crippen LogP contribution in [0.25, 0.3) is 0 Å². The largest absolute Gasteiger partial charge is 0.299 e. The van der Waals surface area contributed by atoms with Crippen LogP contribution in [0.2, 0.25) is 0 Å². The molecule has 0 radical (unpaired) electrons. The lowest BCUT2D eigenvalue weighted by molar-refractivity contribution is 0.105. The molecule has 0 bridgehead atoms. The van der Waals surface area contributed by atoms with Crippen molar-refractivity contribution < 1.29 is 0 Å². The normalized spacial score (nSPS) is 26.9. The van der Waals surface area contributed by atoms with E-state index in [1.165, 1.54) is 43.5 Å². The van der Waals surface area contributed by atoms with Crippen molar-refractivity contribution in [2.75, 3.05) is 20.1 Å². The molecule has 25 heavy (non-hydrogen) atoms. The van der Waals surface area contributed by atoms with E-state index in [2.05, 4.69) is 45.3 Å². The summed E-state index contributed by atoms with van der Waals surface area (Å²) in [4.78, 5) is 9.36. The lowest BCUT2D eigenvalue weighted by atomic mass is 9.77. The standard InChI is InChI=1S/C20H29N5/c1-23(11-16-6-8-21-9-7-16)20-5-3-4-18-14-25(15-19(18)20)13-17-10-22-24(2)12-17/h6-10,12,18-20H,3-5,11,13-15H2,1-2H3/t18-,19+,20?/m1/s1. The third-order valence-electron chi connectivity index (χ3n) is 6.05. The predicted molar refractivity (Wildman–Crippen MR) is 98.8 cm³/mol. The van der Waals surface area contributed by atoms with Gasteiger partial charge in [-0.1, -0.05) is 6.42 Å². The summed E-state index contributed by atoms with van der Waals surface area (Å²) < 4.78 is 1.91. The minimum absolute atomic E-state index is 0.700. The van der Waals surface area contributed by atoms with Gasteiger partial charge in [0, 0.05) is 63.4 Å². The highest BCUT2D eigenvalue weighted by atomic mass is 15.2. The molecule has 2 aromatic heterocycles. The smallest absolute Gasteiger partial charge is 0.0534 e. The molecule has 2 aromatic rings. The molecule has 1 saturated heterocycles. The summed E-state index contributed by atoms with van der Waals surface area (Å²) >= 11 is 0. The second-order valence-electron chi connectivity index (χ2n) is 7.91. The maximum atomic E-state index is 4.32. The Labute approximate surface area is 150 Å². The van der Waals surface area contributed by atoms with Gasteiger partial charge in [-0.3, -0.25) is 19.5 Å². The first-order chi connectivity index (χ1) is 12.2. The van der Waals surface area contributed by atoms with Crippen molar-refractivity contribution in [1.82, 2.24) is 24.6 Å². The van der Waals surface area contributed by atoms with Crippen LogP contribution in [0.1, 0.15) is 30.4 Å². The van der Waals surface area contributed by atoms with E-state index in [0.29, 0.717) is 6.04 Å². The number of aryl methyl sites for hydroxylation is 1. The third-order valence-corrected chi connectivity index (χ3v) is 6.05. The Morgan fingerprint density at radius 3 is 2.76 bits per heavy atom. The van der Waals surface area contributed by atoms with E-state index in [9.17, 15) is 0 Å². The van der Waals surface area contributed by atoms with Crippen molar-refractivity contribution in [1.29, 1.82) is 0 Å². The first kappa shape index (κ1) is 16.7. The van der Waals surface area contributed by atoms with Crippen LogP contribution in [0, 0.1) is 11.8 Å². The minimum Gasteiger partial charge on any atom is -0.299 e. The van der Waals surface area contributed by atoms with Gasteiger partial charge in [-0.25, -0.2) is 0 Å². The number of fused-ring (bicyclic) bond motifs is 1. The Balaban J connectivity index is 1.40. The van der Waals surface area contributed by atoms with Crippen LogP contribution in [0.5, 0.6) is 0 Å². The maximum absolute atomic E-state index is 4.32. The number of pyridine rings is 1. The van der Waals surface area contributed by atoms with Gasteiger partial charge in [0.15, 0.2) is 0 Å². The lowest BCUT2D eigenvalue weighted by Crippen LogP contribution is -2.43. The molecule has 2 fully saturated rings. The molecule has 1 aliphatic heterocycles. The molecule has 134 valence electrons. The van der Waals surface area contributed by atoms with Gasteiger partial charge in [0.25, 0.3) is 0 Å².